The lowest BCUT2D eigenvalue weighted by Crippen LogP contribution is -2.09. The highest BCUT2D eigenvalue weighted by Gasteiger charge is 2.07. The normalized spacial score (nSPS) is 10.2. The molecular weight excluding hydrogens is 268 g/mol. The molecule has 2 N–H and O–H groups in total. The second kappa shape index (κ2) is 6.10. The molecule has 2 aromatic heterocycles. The van der Waals surface area contributed by atoms with Crippen molar-refractivity contribution in [1.82, 2.24) is 15.0 Å². The Hall–Kier alpha value is -2.21. The largest absolute Gasteiger partial charge is 0.481 e. The fourth-order valence-corrected chi connectivity index (χ4v) is 1.60. The standard InChI is InChI=1S/C12H11ClN4O2/c13-9-7-10(15-6-4-11(18)19)17-12(16-9)8-3-1-2-5-14-8/h1-3,5,7H,4,6H2,(H,18,19)(H,15,16,17). The summed E-state index contributed by atoms with van der Waals surface area (Å²) in [5.74, 6) is -0.00886. The summed E-state index contributed by atoms with van der Waals surface area (Å²) in [5, 5.41) is 11.7. The molecule has 0 aliphatic carbocycles. The third-order valence-corrected chi connectivity index (χ3v) is 2.43. The molecule has 0 amide bonds. The van der Waals surface area contributed by atoms with E-state index in [0.29, 0.717) is 17.3 Å². The minimum atomic E-state index is -0.877. The minimum absolute atomic E-state index is 0.000538. The second-order valence-electron chi connectivity index (χ2n) is 3.69. The average Bonchev–Trinajstić information content (AvgIpc) is 2.39. The Morgan fingerprint density at radius 2 is 2.21 bits per heavy atom. The van der Waals surface area contributed by atoms with Crippen molar-refractivity contribution in [2.45, 2.75) is 6.42 Å². The Labute approximate surface area is 114 Å². The van der Waals surface area contributed by atoms with Crippen molar-refractivity contribution in [2.24, 2.45) is 0 Å². The quantitative estimate of drug-likeness (QED) is 0.814. The van der Waals surface area contributed by atoms with Crippen molar-refractivity contribution < 1.29 is 9.90 Å². The summed E-state index contributed by atoms with van der Waals surface area (Å²) < 4.78 is 0. The number of hydrogen-bond acceptors (Lipinski definition) is 5. The van der Waals surface area contributed by atoms with Crippen molar-refractivity contribution in [3.8, 4) is 11.5 Å². The van der Waals surface area contributed by atoms with E-state index < -0.39 is 5.97 Å². The number of halogens is 1. The van der Waals surface area contributed by atoms with Gasteiger partial charge in [-0.1, -0.05) is 17.7 Å². The van der Waals surface area contributed by atoms with Gasteiger partial charge in [0.2, 0.25) is 0 Å². The number of carboxylic acid groups (broad SMARTS) is 1. The highest BCUT2D eigenvalue weighted by atomic mass is 35.5. The van der Waals surface area contributed by atoms with Crippen LogP contribution in [0.1, 0.15) is 6.42 Å². The summed E-state index contributed by atoms with van der Waals surface area (Å²) in [7, 11) is 0. The van der Waals surface area contributed by atoms with E-state index >= 15 is 0 Å². The van der Waals surface area contributed by atoms with Gasteiger partial charge in [-0.05, 0) is 12.1 Å². The van der Waals surface area contributed by atoms with Crippen LogP contribution in [0.15, 0.2) is 30.5 Å². The van der Waals surface area contributed by atoms with Crippen LogP contribution < -0.4 is 5.32 Å². The molecule has 0 bridgehead atoms. The molecule has 6 nitrogen and oxygen atoms in total. The van der Waals surface area contributed by atoms with Gasteiger partial charge in [-0.15, -0.1) is 0 Å². The summed E-state index contributed by atoms with van der Waals surface area (Å²) in [4.78, 5) is 22.9. The van der Waals surface area contributed by atoms with Gasteiger partial charge >= 0.3 is 5.97 Å². The minimum Gasteiger partial charge on any atom is -0.481 e. The highest BCUT2D eigenvalue weighted by molar-refractivity contribution is 6.29. The molecule has 98 valence electrons. The Morgan fingerprint density at radius 1 is 1.37 bits per heavy atom. The number of rotatable bonds is 5. The summed E-state index contributed by atoms with van der Waals surface area (Å²) in [6.07, 6.45) is 1.64. The molecule has 0 saturated heterocycles. The second-order valence-corrected chi connectivity index (χ2v) is 4.07. The molecular formula is C12H11ClN4O2. The van der Waals surface area contributed by atoms with Crippen molar-refractivity contribution in [3.05, 3.63) is 35.6 Å². The number of aromatic nitrogens is 3. The lowest BCUT2D eigenvalue weighted by atomic mass is 10.3. The van der Waals surface area contributed by atoms with E-state index in [1.54, 1.807) is 18.3 Å². The maximum atomic E-state index is 10.4. The highest BCUT2D eigenvalue weighted by Crippen LogP contribution is 2.18. The fraction of sp³-hybridized carbons (Fsp3) is 0.167. The van der Waals surface area contributed by atoms with Gasteiger partial charge in [0.15, 0.2) is 5.82 Å². The lowest BCUT2D eigenvalue weighted by molar-refractivity contribution is -0.136. The molecule has 2 rings (SSSR count). The number of hydrogen-bond donors (Lipinski definition) is 2. The Balaban J connectivity index is 2.18. The number of anilines is 1. The van der Waals surface area contributed by atoms with E-state index in [-0.39, 0.29) is 18.1 Å². The SMILES string of the molecule is O=C(O)CCNc1cc(Cl)nc(-c2ccccn2)n1. The average molecular weight is 279 g/mol. The molecule has 0 aliphatic heterocycles. The zero-order valence-electron chi connectivity index (χ0n) is 9.88. The van der Waals surface area contributed by atoms with Gasteiger partial charge < -0.3 is 10.4 Å². The predicted molar refractivity (Wildman–Crippen MR) is 71.0 cm³/mol. The number of aliphatic carboxylic acids is 1. The maximum absolute atomic E-state index is 10.4. The number of carbonyl (C=O) groups is 1. The third-order valence-electron chi connectivity index (χ3n) is 2.23. The molecule has 2 heterocycles. The van der Waals surface area contributed by atoms with E-state index in [0.717, 1.165) is 0 Å². The number of nitrogens with one attached hydrogen (secondary N) is 1. The molecule has 0 saturated carbocycles. The molecule has 0 aromatic carbocycles. The molecule has 0 unspecified atom stereocenters. The van der Waals surface area contributed by atoms with Crippen LogP contribution in [0.5, 0.6) is 0 Å². The molecule has 7 heteroatoms. The van der Waals surface area contributed by atoms with Crippen LogP contribution >= 0.6 is 11.6 Å². The smallest absolute Gasteiger partial charge is 0.305 e. The third kappa shape index (κ3) is 3.89. The van der Waals surface area contributed by atoms with Gasteiger partial charge in [-0.3, -0.25) is 9.78 Å². The van der Waals surface area contributed by atoms with Gasteiger partial charge in [0.25, 0.3) is 0 Å². The van der Waals surface area contributed by atoms with Crippen LogP contribution in [0.4, 0.5) is 5.82 Å². The van der Waals surface area contributed by atoms with Crippen molar-refractivity contribution in [1.29, 1.82) is 0 Å². The van der Waals surface area contributed by atoms with Gasteiger partial charge in [0.1, 0.15) is 16.7 Å². The van der Waals surface area contributed by atoms with Crippen LogP contribution in [-0.2, 0) is 4.79 Å². The van der Waals surface area contributed by atoms with E-state index in [4.69, 9.17) is 16.7 Å². The first kappa shape index (κ1) is 13.2. The first-order valence-electron chi connectivity index (χ1n) is 5.57. The first-order valence-corrected chi connectivity index (χ1v) is 5.94. The van der Waals surface area contributed by atoms with E-state index in [2.05, 4.69) is 20.3 Å². The monoisotopic (exact) mass is 278 g/mol. The van der Waals surface area contributed by atoms with Crippen LogP contribution in [0.3, 0.4) is 0 Å². The van der Waals surface area contributed by atoms with Crippen molar-refractivity contribution in [2.75, 3.05) is 11.9 Å². The Kier molecular flexibility index (Phi) is 4.25. The predicted octanol–water partition coefficient (Wildman–Crippen LogP) is 2.08. The van der Waals surface area contributed by atoms with Gasteiger partial charge in [0.05, 0.1) is 6.42 Å². The topological polar surface area (TPSA) is 88.0 Å². The van der Waals surface area contributed by atoms with Gasteiger partial charge in [-0.25, -0.2) is 9.97 Å². The number of nitrogens with zero attached hydrogens (tertiary/aromatic N) is 3. The lowest BCUT2D eigenvalue weighted by Gasteiger charge is -2.06. The molecule has 19 heavy (non-hydrogen) atoms. The maximum Gasteiger partial charge on any atom is 0.305 e. The molecule has 0 radical (unpaired) electrons. The van der Waals surface area contributed by atoms with Gasteiger partial charge in [-0.2, -0.15) is 0 Å². The fourth-order valence-electron chi connectivity index (χ4n) is 1.42. The molecule has 0 aliphatic rings. The molecule has 2 aromatic rings. The Morgan fingerprint density at radius 3 is 2.89 bits per heavy atom. The summed E-state index contributed by atoms with van der Waals surface area (Å²) in [6, 6.07) is 6.92. The van der Waals surface area contributed by atoms with E-state index in [1.165, 1.54) is 6.07 Å². The Bertz CT molecular complexity index is 577. The van der Waals surface area contributed by atoms with Crippen LogP contribution in [0.2, 0.25) is 5.15 Å². The summed E-state index contributed by atoms with van der Waals surface area (Å²) in [6.45, 7) is 0.268. The van der Waals surface area contributed by atoms with E-state index in [9.17, 15) is 4.79 Å². The first-order chi connectivity index (χ1) is 9.15. The molecule has 0 spiro atoms. The summed E-state index contributed by atoms with van der Waals surface area (Å²) in [5.41, 5.74) is 0.603. The zero-order chi connectivity index (χ0) is 13.7. The molecule has 0 fully saturated rings. The van der Waals surface area contributed by atoms with Crippen LogP contribution in [0.25, 0.3) is 11.5 Å². The van der Waals surface area contributed by atoms with Gasteiger partial charge in [0, 0.05) is 18.8 Å². The number of carboxylic acids is 1. The zero-order valence-corrected chi connectivity index (χ0v) is 10.6. The van der Waals surface area contributed by atoms with Crippen LogP contribution in [-0.4, -0.2) is 32.6 Å². The summed E-state index contributed by atoms with van der Waals surface area (Å²) >= 11 is 5.91. The molecule has 0 atom stereocenters. The van der Waals surface area contributed by atoms with Crippen molar-refractivity contribution in [3.63, 3.8) is 0 Å². The number of pyridine rings is 1. The van der Waals surface area contributed by atoms with Crippen LogP contribution in [0, 0.1) is 0 Å². The van der Waals surface area contributed by atoms with Crippen molar-refractivity contribution >= 4 is 23.4 Å². The van der Waals surface area contributed by atoms with E-state index in [1.807, 2.05) is 6.07 Å².